The first-order valence-corrected chi connectivity index (χ1v) is 4.09. The average Bonchev–Trinajstić information content (AvgIpc) is 2.40. The van der Waals surface area contributed by atoms with E-state index < -0.39 is 0 Å². The van der Waals surface area contributed by atoms with Crippen LogP contribution in [0, 0.1) is 0 Å². The highest BCUT2D eigenvalue weighted by atomic mass is 32.1. The molecule has 10 heavy (non-hydrogen) atoms. The van der Waals surface area contributed by atoms with E-state index in [0.717, 1.165) is 18.1 Å². The van der Waals surface area contributed by atoms with Crippen LogP contribution in [0.5, 0.6) is 0 Å². The van der Waals surface area contributed by atoms with Gasteiger partial charge >= 0.3 is 0 Å². The van der Waals surface area contributed by atoms with Gasteiger partial charge < -0.3 is 0 Å². The lowest BCUT2D eigenvalue weighted by Gasteiger charge is -2.09. The van der Waals surface area contributed by atoms with Gasteiger partial charge in [-0.05, 0) is 0 Å². The van der Waals surface area contributed by atoms with Crippen molar-refractivity contribution in [1.29, 1.82) is 0 Å². The van der Waals surface area contributed by atoms with Gasteiger partial charge in [0.05, 0.1) is 6.54 Å². The molecule has 3 nitrogen and oxygen atoms in total. The molecule has 0 saturated carbocycles. The number of hydrogen-bond acceptors (Lipinski definition) is 4. The molecule has 0 bridgehead atoms. The molecule has 0 atom stereocenters. The van der Waals surface area contributed by atoms with Crippen molar-refractivity contribution in [2.45, 2.75) is 13.5 Å². The smallest absolute Gasteiger partial charge is 0.108 e. The number of aromatic nitrogens is 1. The van der Waals surface area contributed by atoms with Gasteiger partial charge in [-0.25, -0.2) is 9.99 Å². The second-order valence-electron chi connectivity index (χ2n) is 1.99. The maximum absolute atomic E-state index is 5.56. The molecule has 1 aromatic heterocycles. The fourth-order valence-electron chi connectivity index (χ4n) is 0.617. The predicted octanol–water partition coefficient (Wildman–Crippen LogP) is 0.839. The predicted molar refractivity (Wildman–Crippen MR) is 42.4 cm³/mol. The summed E-state index contributed by atoms with van der Waals surface area (Å²) in [4.78, 5) is 4.10. The van der Waals surface area contributed by atoms with Crippen molar-refractivity contribution >= 4 is 11.3 Å². The lowest BCUT2D eigenvalue weighted by atomic mass is 10.6. The minimum Gasteiger partial charge on any atom is -0.268 e. The summed E-state index contributed by atoms with van der Waals surface area (Å²) < 4.78 is 0. The molecule has 56 valence electrons. The van der Waals surface area contributed by atoms with Crippen LogP contribution in [0.2, 0.25) is 0 Å². The molecule has 0 unspecified atom stereocenters. The van der Waals surface area contributed by atoms with Crippen LogP contribution in [0.15, 0.2) is 11.6 Å². The third kappa shape index (κ3) is 2.06. The number of thiazole rings is 1. The van der Waals surface area contributed by atoms with Crippen molar-refractivity contribution in [2.24, 2.45) is 5.84 Å². The summed E-state index contributed by atoms with van der Waals surface area (Å²) in [6, 6.07) is 0. The largest absolute Gasteiger partial charge is 0.268 e. The molecule has 0 amide bonds. The Morgan fingerprint density at radius 1 is 1.80 bits per heavy atom. The minimum atomic E-state index is 0.758. The van der Waals surface area contributed by atoms with Crippen molar-refractivity contribution in [1.82, 2.24) is 9.99 Å². The van der Waals surface area contributed by atoms with Crippen molar-refractivity contribution in [2.75, 3.05) is 6.54 Å². The molecule has 0 aliphatic carbocycles. The third-order valence-corrected chi connectivity index (χ3v) is 1.99. The molecule has 0 aromatic carbocycles. The van der Waals surface area contributed by atoms with Gasteiger partial charge in [-0.2, -0.15) is 0 Å². The van der Waals surface area contributed by atoms with Crippen molar-refractivity contribution in [3.63, 3.8) is 0 Å². The van der Waals surface area contributed by atoms with E-state index >= 15 is 0 Å². The molecular formula is C6H11N3S. The van der Waals surface area contributed by atoms with Gasteiger partial charge in [0, 0.05) is 18.1 Å². The fourth-order valence-corrected chi connectivity index (χ4v) is 1.26. The van der Waals surface area contributed by atoms with E-state index in [0.29, 0.717) is 0 Å². The van der Waals surface area contributed by atoms with Crippen LogP contribution < -0.4 is 5.84 Å². The van der Waals surface area contributed by atoms with Crippen LogP contribution in [0.25, 0.3) is 0 Å². The van der Waals surface area contributed by atoms with Crippen LogP contribution in [0.4, 0.5) is 0 Å². The van der Waals surface area contributed by atoms with E-state index in [-0.39, 0.29) is 0 Å². The molecule has 0 saturated heterocycles. The zero-order valence-electron chi connectivity index (χ0n) is 5.95. The van der Waals surface area contributed by atoms with Crippen molar-refractivity contribution in [3.8, 4) is 0 Å². The van der Waals surface area contributed by atoms with Gasteiger partial charge in [-0.1, -0.05) is 6.92 Å². The van der Waals surface area contributed by atoms with Crippen LogP contribution in [-0.2, 0) is 6.54 Å². The molecule has 1 heterocycles. The number of nitrogens with two attached hydrogens (primary N) is 1. The maximum Gasteiger partial charge on any atom is 0.108 e. The SMILES string of the molecule is CCN(N)Cc1nccs1. The van der Waals surface area contributed by atoms with Gasteiger partial charge in [-0.3, -0.25) is 5.84 Å². The summed E-state index contributed by atoms with van der Waals surface area (Å²) in [5, 5.41) is 4.77. The zero-order chi connectivity index (χ0) is 7.40. The van der Waals surface area contributed by atoms with Gasteiger partial charge in [0.15, 0.2) is 0 Å². The van der Waals surface area contributed by atoms with E-state index in [1.807, 2.05) is 12.3 Å². The highest BCUT2D eigenvalue weighted by Gasteiger charge is 1.98. The van der Waals surface area contributed by atoms with Gasteiger partial charge in [0.1, 0.15) is 5.01 Å². The molecule has 1 aromatic rings. The summed E-state index contributed by atoms with van der Waals surface area (Å²) in [6.45, 7) is 3.64. The first-order chi connectivity index (χ1) is 4.83. The minimum absolute atomic E-state index is 0.758. The molecule has 0 radical (unpaired) electrons. The monoisotopic (exact) mass is 157 g/mol. The fraction of sp³-hybridized carbons (Fsp3) is 0.500. The summed E-state index contributed by atoms with van der Waals surface area (Å²) >= 11 is 1.63. The van der Waals surface area contributed by atoms with Crippen LogP contribution in [0.3, 0.4) is 0 Å². The molecule has 0 spiro atoms. The lowest BCUT2D eigenvalue weighted by molar-refractivity contribution is 0.290. The molecule has 1 rings (SSSR count). The van der Waals surface area contributed by atoms with Crippen LogP contribution in [0.1, 0.15) is 11.9 Å². The summed E-state index contributed by atoms with van der Waals surface area (Å²) in [5.41, 5.74) is 0. The van der Waals surface area contributed by atoms with Crippen LogP contribution >= 0.6 is 11.3 Å². The standard InChI is InChI=1S/C6H11N3S/c1-2-9(7)5-6-8-3-4-10-6/h3-4H,2,5,7H2,1H3. The number of nitrogens with zero attached hydrogens (tertiary/aromatic N) is 2. The average molecular weight is 157 g/mol. The number of hydrazine groups is 1. The van der Waals surface area contributed by atoms with Gasteiger partial charge in [0.25, 0.3) is 0 Å². The third-order valence-electron chi connectivity index (χ3n) is 1.23. The molecule has 0 aliphatic rings. The number of rotatable bonds is 3. The Balaban J connectivity index is 2.40. The summed E-state index contributed by atoms with van der Waals surface area (Å²) in [7, 11) is 0. The van der Waals surface area contributed by atoms with Crippen molar-refractivity contribution < 1.29 is 0 Å². The molecule has 0 aliphatic heterocycles. The van der Waals surface area contributed by atoms with Gasteiger partial charge in [-0.15, -0.1) is 11.3 Å². The molecule has 0 fully saturated rings. The topological polar surface area (TPSA) is 42.1 Å². The summed E-state index contributed by atoms with van der Waals surface area (Å²) in [5.74, 6) is 5.56. The zero-order valence-corrected chi connectivity index (χ0v) is 6.77. The van der Waals surface area contributed by atoms with E-state index in [4.69, 9.17) is 5.84 Å². The van der Waals surface area contributed by atoms with Gasteiger partial charge in [0.2, 0.25) is 0 Å². The highest BCUT2D eigenvalue weighted by Crippen LogP contribution is 2.04. The van der Waals surface area contributed by atoms with Crippen LogP contribution in [-0.4, -0.2) is 16.5 Å². The second-order valence-corrected chi connectivity index (χ2v) is 2.97. The normalized spacial score (nSPS) is 10.7. The molecular weight excluding hydrogens is 146 g/mol. The Labute approximate surface area is 64.5 Å². The first-order valence-electron chi connectivity index (χ1n) is 3.21. The molecule has 2 N–H and O–H groups in total. The second kappa shape index (κ2) is 3.65. The van der Waals surface area contributed by atoms with E-state index in [1.54, 1.807) is 22.5 Å². The molecule has 4 heteroatoms. The lowest BCUT2D eigenvalue weighted by Crippen LogP contribution is -2.29. The Kier molecular flexibility index (Phi) is 2.80. The van der Waals surface area contributed by atoms with E-state index in [9.17, 15) is 0 Å². The Morgan fingerprint density at radius 2 is 2.60 bits per heavy atom. The van der Waals surface area contributed by atoms with E-state index in [1.165, 1.54) is 0 Å². The van der Waals surface area contributed by atoms with Crippen molar-refractivity contribution in [3.05, 3.63) is 16.6 Å². The Morgan fingerprint density at radius 3 is 3.10 bits per heavy atom. The highest BCUT2D eigenvalue weighted by molar-refractivity contribution is 7.09. The van der Waals surface area contributed by atoms with E-state index in [2.05, 4.69) is 4.98 Å². The quantitative estimate of drug-likeness (QED) is 0.522. The first kappa shape index (κ1) is 7.65. The summed E-state index contributed by atoms with van der Waals surface area (Å²) in [6.07, 6.45) is 1.80. The Hall–Kier alpha value is -0.450. The Bertz CT molecular complexity index is 173. The maximum atomic E-state index is 5.56. The number of hydrogen-bond donors (Lipinski definition) is 1.